The van der Waals surface area contributed by atoms with Crippen LogP contribution in [0.5, 0.6) is 0 Å². The number of rotatable bonds is 0. The maximum atomic E-state index is 11.7. The number of esters is 1. The highest BCUT2D eigenvalue weighted by molar-refractivity contribution is 5.70. The van der Waals surface area contributed by atoms with E-state index in [0.717, 1.165) is 25.7 Å². The van der Waals surface area contributed by atoms with Crippen LogP contribution in [0.1, 0.15) is 45.4 Å². The molecule has 1 N–H and O–H groups in total. The summed E-state index contributed by atoms with van der Waals surface area (Å²) in [7, 11) is 0. The van der Waals surface area contributed by atoms with Crippen molar-refractivity contribution >= 4 is 5.97 Å². The van der Waals surface area contributed by atoms with Crippen LogP contribution in [0.2, 0.25) is 0 Å². The van der Waals surface area contributed by atoms with Crippen molar-refractivity contribution in [3.05, 3.63) is 12.2 Å². The fraction of sp³-hybridized carbons (Fsp3) is 0.786. The zero-order chi connectivity index (χ0) is 13.0. The van der Waals surface area contributed by atoms with Gasteiger partial charge < -0.3 is 14.6 Å². The Balaban J connectivity index is 2.03. The fourth-order valence-corrected chi connectivity index (χ4v) is 2.50. The summed E-state index contributed by atoms with van der Waals surface area (Å²) < 4.78 is 11.0. The number of carbonyl (C=O) groups excluding carboxylic acids is 1. The van der Waals surface area contributed by atoms with Crippen LogP contribution in [0.3, 0.4) is 0 Å². The van der Waals surface area contributed by atoms with E-state index in [9.17, 15) is 9.90 Å². The fourth-order valence-electron chi connectivity index (χ4n) is 2.50. The molecule has 4 atom stereocenters. The first-order valence-corrected chi connectivity index (χ1v) is 6.85. The lowest BCUT2D eigenvalue weighted by Crippen LogP contribution is -2.40. The molecule has 2 heterocycles. The summed E-state index contributed by atoms with van der Waals surface area (Å²) in [6.07, 6.45) is 7.73. The van der Waals surface area contributed by atoms with E-state index in [2.05, 4.69) is 12.2 Å². The predicted octanol–water partition coefficient (Wildman–Crippen LogP) is 1.96. The number of ether oxygens (including phenoxy) is 2. The Kier molecular flexibility index (Phi) is 4.78. The van der Waals surface area contributed by atoms with Crippen molar-refractivity contribution in [1.82, 2.24) is 0 Å². The van der Waals surface area contributed by atoms with Gasteiger partial charge in [0.05, 0.1) is 30.8 Å². The quantitative estimate of drug-likeness (QED) is 0.530. The molecule has 2 rings (SSSR count). The molecule has 0 aliphatic carbocycles. The van der Waals surface area contributed by atoms with Gasteiger partial charge in [-0.3, -0.25) is 4.79 Å². The van der Waals surface area contributed by atoms with Crippen molar-refractivity contribution in [3.8, 4) is 0 Å². The number of fused-ring (bicyclic) bond motifs is 2. The Morgan fingerprint density at radius 1 is 1.33 bits per heavy atom. The van der Waals surface area contributed by atoms with Crippen LogP contribution in [0, 0.1) is 0 Å². The largest absolute Gasteiger partial charge is 0.463 e. The van der Waals surface area contributed by atoms with E-state index < -0.39 is 12.2 Å². The molecule has 1 fully saturated rings. The lowest BCUT2D eigenvalue weighted by Gasteiger charge is -2.32. The van der Waals surface area contributed by atoms with E-state index in [0.29, 0.717) is 6.42 Å². The highest BCUT2D eigenvalue weighted by Gasteiger charge is 2.31. The average Bonchev–Trinajstić information content (AvgIpc) is 2.31. The first kappa shape index (κ1) is 13.6. The smallest absolute Gasteiger partial charge is 0.308 e. The van der Waals surface area contributed by atoms with Gasteiger partial charge in [-0.15, -0.1) is 0 Å². The number of carbonyl (C=O) groups is 1. The topological polar surface area (TPSA) is 55.8 Å². The Morgan fingerprint density at radius 3 is 3.00 bits per heavy atom. The highest BCUT2D eigenvalue weighted by atomic mass is 16.5. The van der Waals surface area contributed by atoms with Crippen molar-refractivity contribution in [2.45, 2.75) is 69.9 Å². The molecule has 0 unspecified atom stereocenters. The third-order valence-corrected chi connectivity index (χ3v) is 3.56. The third kappa shape index (κ3) is 3.82. The first-order chi connectivity index (χ1) is 8.65. The third-order valence-electron chi connectivity index (χ3n) is 3.56. The Bertz CT molecular complexity index is 313. The van der Waals surface area contributed by atoms with Crippen LogP contribution in [0.4, 0.5) is 0 Å². The lowest BCUT2D eigenvalue weighted by atomic mass is 9.98. The van der Waals surface area contributed by atoms with E-state index in [1.165, 1.54) is 0 Å². The molecule has 0 spiro atoms. The summed E-state index contributed by atoms with van der Waals surface area (Å²) in [5.41, 5.74) is 0. The second kappa shape index (κ2) is 6.34. The van der Waals surface area contributed by atoms with Crippen molar-refractivity contribution in [2.75, 3.05) is 0 Å². The van der Waals surface area contributed by atoms with Crippen LogP contribution < -0.4 is 0 Å². The van der Waals surface area contributed by atoms with Crippen molar-refractivity contribution in [2.24, 2.45) is 0 Å². The molecule has 0 aromatic rings. The number of hydrogen-bond acceptors (Lipinski definition) is 4. The van der Waals surface area contributed by atoms with E-state index in [1.807, 2.05) is 6.92 Å². The number of hydrogen-bond donors (Lipinski definition) is 1. The SMILES string of the molecule is C[C@H]1CCCC=C[C@H]2CC[C@H](O)[C@H](CC(=O)O1)O2. The number of aliphatic hydroxyl groups is 1. The molecule has 0 aromatic heterocycles. The van der Waals surface area contributed by atoms with E-state index in [1.54, 1.807) is 0 Å². The van der Waals surface area contributed by atoms with Crippen LogP contribution in [0.25, 0.3) is 0 Å². The molecule has 102 valence electrons. The number of aliphatic hydroxyl groups excluding tert-OH is 1. The molecule has 1 saturated heterocycles. The van der Waals surface area contributed by atoms with Crippen LogP contribution in [-0.2, 0) is 14.3 Å². The molecule has 2 aliphatic rings. The second-order valence-electron chi connectivity index (χ2n) is 5.22. The minimum atomic E-state index is -0.555. The van der Waals surface area contributed by atoms with Crippen LogP contribution in [0.15, 0.2) is 12.2 Å². The summed E-state index contributed by atoms with van der Waals surface area (Å²) in [5.74, 6) is -0.267. The Morgan fingerprint density at radius 2 is 2.17 bits per heavy atom. The van der Waals surface area contributed by atoms with Gasteiger partial charge >= 0.3 is 5.97 Å². The summed E-state index contributed by atoms with van der Waals surface area (Å²) in [4.78, 5) is 11.7. The molecule has 18 heavy (non-hydrogen) atoms. The molecule has 4 heteroatoms. The maximum absolute atomic E-state index is 11.7. The second-order valence-corrected chi connectivity index (χ2v) is 5.22. The molecule has 0 aromatic carbocycles. The molecular formula is C14H22O4. The summed E-state index contributed by atoms with van der Waals surface area (Å²) in [5, 5.41) is 9.85. The summed E-state index contributed by atoms with van der Waals surface area (Å²) >= 11 is 0. The highest BCUT2D eigenvalue weighted by Crippen LogP contribution is 2.24. The molecule has 2 aliphatic heterocycles. The molecule has 4 nitrogen and oxygen atoms in total. The molecule has 0 saturated carbocycles. The van der Waals surface area contributed by atoms with Crippen LogP contribution >= 0.6 is 0 Å². The standard InChI is InChI=1S/C14H22O4/c1-10-5-3-2-4-6-11-7-8-12(15)13(18-11)9-14(16)17-10/h4,6,10-13,15H,2-3,5,7-9H2,1H3/t10-,11-,12-,13-/m0/s1. The summed E-state index contributed by atoms with van der Waals surface area (Å²) in [6, 6.07) is 0. The van der Waals surface area contributed by atoms with Gasteiger partial charge in [0.2, 0.25) is 0 Å². The van der Waals surface area contributed by atoms with Gasteiger partial charge in [-0.25, -0.2) is 0 Å². The molecule has 0 amide bonds. The van der Waals surface area contributed by atoms with Gasteiger partial charge in [-0.05, 0) is 39.0 Å². The van der Waals surface area contributed by atoms with E-state index in [4.69, 9.17) is 9.47 Å². The summed E-state index contributed by atoms with van der Waals surface area (Å²) in [6.45, 7) is 1.91. The Labute approximate surface area is 108 Å². The van der Waals surface area contributed by atoms with Crippen LogP contribution in [-0.4, -0.2) is 35.5 Å². The maximum Gasteiger partial charge on any atom is 0.308 e. The zero-order valence-electron chi connectivity index (χ0n) is 10.9. The van der Waals surface area contributed by atoms with Gasteiger partial charge in [-0.1, -0.05) is 12.2 Å². The molecule has 0 radical (unpaired) electrons. The van der Waals surface area contributed by atoms with Crippen molar-refractivity contribution < 1.29 is 19.4 Å². The van der Waals surface area contributed by atoms with E-state index in [-0.39, 0.29) is 24.6 Å². The van der Waals surface area contributed by atoms with Gasteiger partial charge in [0.25, 0.3) is 0 Å². The minimum Gasteiger partial charge on any atom is -0.463 e. The van der Waals surface area contributed by atoms with Crippen molar-refractivity contribution in [3.63, 3.8) is 0 Å². The Hall–Kier alpha value is -0.870. The molecular weight excluding hydrogens is 232 g/mol. The minimum absolute atomic E-state index is 0.0306. The first-order valence-electron chi connectivity index (χ1n) is 6.85. The number of cyclic esters (lactones) is 1. The van der Waals surface area contributed by atoms with Gasteiger partial charge in [0, 0.05) is 0 Å². The van der Waals surface area contributed by atoms with Crippen molar-refractivity contribution in [1.29, 1.82) is 0 Å². The van der Waals surface area contributed by atoms with Gasteiger partial charge in [0.1, 0.15) is 0 Å². The molecule has 2 bridgehead atoms. The van der Waals surface area contributed by atoms with Gasteiger partial charge in [0.15, 0.2) is 0 Å². The normalized spacial score (nSPS) is 38.4. The van der Waals surface area contributed by atoms with E-state index >= 15 is 0 Å². The predicted molar refractivity (Wildman–Crippen MR) is 67.1 cm³/mol. The van der Waals surface area contributed by atoms with Gasteiger partial charge in [-0.2, -0.15) is 0 Å². The monoisotopic (exact) mass is 254 g/mol. The average molecular weight is 254 g/mol. The lowest BCUT2D eigenvalue weighted by molar-refractivity contribution is -0.160. The zero-order valence-corrected chi connectivity index (χ0v) is 10.9. The number of allylic oxidation sites excluding steroid dienone is 1.